The fraction of sp³-hybridized carbons (Fsp3) is 0.0500. The van der Waals surface area contributed by atoms with E-state index in [1.807, 2.05) is 48.6 Å². The lowest BCUT2D eigenvalue weighted by Crippen LogP contribution is -2.23. The van der Waals surface area contributed by atoms with E-state index >= 15 is 0 Å². The van der Waals surface area contributed by atoms with Crippen LogP contribution in [0.2, 0.25) is 5.02 Å². The summed E-state index contributed by atoms with van der Waals surface area (Å²) in [6, 6.07) is 14.9. The van der Waals surface area contributed by atoms with E-state index in [9.17, 15) is 4.79 Å². The molecule has 0 aliphatic carbocycles. The summed E-state index contributed by atoms with van der Waals surface area (Å²) in [5.74, 6) is 1.29. The number of nitrogens with zero attached hydrogens (tertiary/aromatic N) is 3. The molecule has 4 aromatic rings. The zero-order valence-electron chi connectivity index (χ0n) is 14.3. The second kappa shape index (κ2) is 7.34. The molecule has 0 aliphatic heterocycles. The Morgan fingerprint density at radius 3 is 2.41 bits per heavy atom. The van der Waals surface area contributed by atoms with Gasteiger partial charge < -0.3 is 4.74 Å². The Balaban J connectivity index is 1.62. The van der Waals surface area contributed by atoms with Gasteiger partial charge in [0.25, 0.3) is 5.56 Å². The van der Waals surface area contributed by atoms with Gasteiger partial charge in [-0.3, -0.25) is 4.79 Å². The Labute approximate surface area is 163 Å². The van der Waals surface area contributed by atoms with Gasteiger partial charge in [-0.1, -0.05) is 53.3 Å². The van der Waals surface area contributed by atoms with Crippen molar-refractivity contribution < 1.29 is 4.74 Å². The van der Waals surface area contributed by atoms with Crippen LogP contribution < -0.4 is 14.8 Å². The van der Waals surface area contributed by atoms with Gasteiger partial charge in [-0.05, 0) is 47.5 Å². The van der Waals surface area contributed by atoms with Gasteiger partial charge >= 0.3 is 0 Å². The van der Waals surface area contributed by atoms with E-state index in [0.29, 0.717) is 20.3 Å². The zero-order chi connectivity index (χ0) is 18.8. The van der Waals surface area contributed by atoms with Crippen molar-refractivity contribution in [2.45, 2.75) is 0 Å². The number of aromatic nitrogens is 3. The van der Waals surface area contributed by atoms with Crippen molar-refractivity contribution in [1.29, 1.82) is 0 Å². The molecule has 0 radical (unpaired) electrons. The lowest BCUT2D eigenvalue weighted by Gasteiger charge is -1.98. The highest BCUT2D eigenvalue weighted by Gasteiger charge is 2.08. The smallest absolute Gasteiger partial charge is 0.291 e. The standard InChI is InChI=1S/C20H14ClN3O2S/c1-26-16-9-4-13(5-10-16)6-11-18-22-20-24(23-18)19(25)17(27-20)12-14-2-7-15(21)8-3-14/h2-12H,1H3. The van der Waals surface area contributed by atoms with Gasteiger partial charge in [0.2, 0.25) is 4.96 Å². The van der Waals surface area contributed by atoms with Crippen LogP contribution in [-0.4, -0.2) is 21.7 Å². The lowest BCUT2D eigenvalue weighted by molar-refractivity contribution is 0.415. The van der Waals surface area contributed by atoms with Crippen molar-refractivity contribution in [1.82, 2.24) is 14.6 Å². The maximum absolute atomic E-state index is 12.5. The molecule has 2 heterocycles. The lowest BCUT2D eigenvalue weighted by atomic mass is 10.2. The van der Waals surface area contributed by atoms with Gasteiger partial charge in [-0.2, -0.15) is 9.50 Å². The van der Waals surface area contributed by atoms with E-state index in [2.05, 4.69) is 10.1 Å². The highest BCUT2D eigenvalue weighted by molar-refractivity contribution is 7.15. The van der Waals surface area contributed by atoms with Crippen LogP contribution in [0.1, 0.15) is 17.0 Å². The molecule has 7 heteroatoms. The average molecular weight is 396 g/mol. The summed E-state index contributed by atoms with van der Waals surface area (Å²) in [6.45, 7) is 0. The molecule has 2 aromatic heterocycles. The van der Waals surface area contributed by atoms with Crippen molar-refractivity contribution in [2.24, 2.45) is 0 Å². The molecule has 0 N–H and O–H groups in total. The third kappa shape index (κ3) is 3.77. The van der Waals surface area contributed by atoms with Crippen LogP contribution in [0.15, 0.2) is 53.3 Å². The Bertz CT molecular complexity index is 1230. The van der Waals surface area contributed by atoms with E-state index in [1.54, 1.807) is 25.3 Å². The predicted molar refractivity (Wildman–Crippen MR) is 109 cm³/mol. The molecule has 134 valence electrons. The molecule has 0 fully saturated rings. The topological polar surface area (TPSA) is 56.5 Å². The summed E-state index contributed by atoms with van der Waals surface area (Å²) in [6.07, 6.45) is 5.49. The summed E-state index contributed by atoms with van der Waals surface area (Å²) in [7, 11) is 1.63. The summed E-state index contributed by atoms with van der Waals surface area (Å²) in [5, 5.41) is 4.95. The first-order valence-corrected chi connectivity index (χ1v) is 9.31. The SMILES string of the molecule is COc1ccc(C=Cc2nc3sc(=Cc4ccc(Cl)cc4)c(=O)n3n2)cc1. The molecule has 0 unspecified atom stereocenters. The minimum Gasteiger partial charge on any atom is -0.497 e. The monoisotopic (exact) mass is 395 g/mol. The normalized spacial score (nSPS) is 12.3. The molecule has 4 rings (SSSR count). The van der Waals surface area contributed by atoms with Crippen LogP contribution in [0, 0.1) is 0 Å². The average Bonchev–Trinajstić information content (AvgIpc) is 3.21. The van der Waals surface area contributed by atoms with E-state index in [-0.39, 0.29) is 5.56 Å². The maximum Gasteiger partial charge on any atom is 0.291 e. The fourth-order valence-electron chi connectivity index (χ4n) is 2.52. The number of fused-ring (bicyclic) bond motifs is 1. The van der Waals surface area contributed by atoms with E-state index < -0.39 is 0 Å². The maximum atomic E-state index is 12.5. The molecule has 2 aromatic carbocycles. The molecule has 0 spiro atoms. The van der Waals surface area contributed by atoms with E-state index in [4.69, 9.17) is 16.3 Å². The molecule has 0 bridgehead atoms. The quantitative estimate of drug-likeness (QED) is 0.530. The Hall–Kier alpha value is -2.96. The first-order valence-electron chi connectivity index (χ1n) is 8.11. The highest BCUT2D eigenvalue weighted by Crippen LogP contribution is 2.14. The Kier molecular flexibility index (Phi) is 4.75. The predicted octanol–water partition coefficient (Wildman–Crippen LogP) is 3.53. The van der Waals surface area contributed by atoms with Crippen molar-refractivity contribution in [3.63, 3.8) is 0 Å². The summed E-state index contributed by atoms with van der Waals surface area (Å²) >= 11 is 7.20. The van der Waals surface area contributed by atoms with Gasteiger partial charge in [0.1, 0.15) is 5.75 Å². The van der Waals surface area contributed by atoms with Crippen molar-refractivity contribution in [3.05, 3.63) is 85.4 Å². The molecule has 5 nitrogen and oxygen atoms in total. The first-order chi connectivity index (χ1) is 13.1. The van der Waals surface area contributed by atoms with Crippen LogP contribution in [-0.2, 0) is 0 Å². The zero-order valence-corrected chi connectivity index (χ0v) is 15.9. The van der Waals surface area contributed by atoms with Gasteiger partial charge in [-0.15, -0.1) is 5.10 Å². The van der Waals surface area contributed by atoms with Crippen LogP contribution in [0.5, 0.6) is 5.75 Å². The van der Waals surface area contributed by atoms with Gasteiger partial charge in [0.15, 0.2) is 5.82 Å². The van der Waals surface area contributed by atoms with Crippen molar-refractivity contribution in [3.8, 4) is 5.75 Å². The fourth-order valence-corrected chi connectivity index (χ4v) is 3.56. The van der Waals surface area contributed by atoms with E-state index in [1.165, 1.54) is 15.9 Å². The number of methoxy groups -OCH3 is 1. The van der Waals surface area contributed by atoms with Crippen molar-refractivity contribution >= 4 is 46.1 Å². The van der Waals surface area contributed by atoms with Gasteiger partial charge in [0.05, 0.1) is 11.6 Å². The number of thiazole rings is 1. The molecule has 0 saturated heterocycles. The molecular formula is C20H14ClN3O2S. The second-order valence-corrected chi connectivity index (χ2v) is 7.18. The number of rotatable bonds is 4. The summed E-state index contributed by atoms with van der Waals surface area (Å²) in [5.41, 5.74) is 1.72. The first kappa shape index (κ1) is 17.5. The van der Waals surface area contributed by atoms with Gasteiger partial charge in [0, 0.05) is 5.02 Å². The molecule has 0 aliphatic rings. The highest BCUT2D eigenvalue weighted by atomic mass is 35.5. The minimum absolute atomic E-state index is 0.179. The third-order valence-electron chi connectivity index (χ3n) is 3.91. The molecular weight excluding hydrogens is 382 g/mol. The Morgan fingerprint density at radius 1 is 1.04 bits per heavy atom. The van der Waals surface area contributed by atoms with Crippen LogP contribution in [0.25, 0.3) is 23.2 Å². The number of ether oxygens (including phenoxy) is 1. The molecule has 0 amide bonds. The number of hydrogen-bond donors (Lipinski definition) is 0. The third-order valence-corrected chi connectivity index (χ3v) is 5.12. The Morgan fingerprint density at radius 2 is 1.74 bits per heavy atom. The van der Waals surface area contributed by atoms with Crippen molar-refractivity contribution in [2.75, 3.05) is 7.11 Å². The largest absolute Gasteiger partial charge is 0.497 e. The van der Waals surface area contributed by atoms with Crippen LogP contribution in [0.3, 0.4) is 0 Å². The van der Waals surface area contributed by atoms with Crippen LogP contribution >= 0.6 is 22.9 Å². The minimum atomic E-state index is -0.179. The molecule has 0 atom stereocenters. The molecule has 27 heavy (non-hydrogen) atoms. The van der Waals surface area contributed by atoms with E-state index in [0.717, 1.165) is 16.9 Å². The number of halogens is 1. The van der Waals surface area contributed by atoms with Crippen LogP contribution in [0.4, 0.5) is 0 Å². The number of hydrogen-bond acceptors (Lipinski definition) is 5. The summed E-state index contributed by atoms with van der Waals surface area (Å²) < 4.78 is 7.05. The summed E-state index contributed by atoms with van der Waals surface area (Å²) in [4.78, 5) is 17.5. The van der Waals surface area contributed by atoms with Gasteiger partial charge in [-0.25, -0.2) is 0 Å². The number of benzene rings is 2. The molecule has 0 saturated carbocycles. The second-order valence-electron chi connectivity index (χ2n) is 5.74.